The maximum absolute atomic E-state index is 12.0. The summed E-state index contributed by atoms with van der Waals surface area (Å²) in [6, 6.07) is 1.26. The van der Waals surface area contributed by atoms with Crippen LogP contribution in [0.5, 0.6) is 0 Å². The maximum Gasteiger partial charge on any atom is 0.268 e. The number of thiazole rings is 1. The lowest BCUT2D eigenvalue weighted by molar-refractivity contribution is 0.245. The molecule has 0 saturated heterocycles. The number of sulfonamides is 1. The smallest absolute Gasteiger partial charge is 0.268 e. The van der Waals surface area contributed by atoms with Crippen LogP contribution in [-0.4, -0.2) is 18.5 Å². The first-order chi connectivity index (χ1) is 8.42. The molecular weight excluding hydrogens is 344 g/mol. The van der Waals surface area contributed by atoms with E-state index < -0.39 is 10.0 Å². The number of furan rings is 1. The second kappa shape index (κ2) is 5.00. The Morgan fingerprint density at radius 2 is 2.33 bits per heavy atom. The van der Waals surface area contributed by atoms with Crippen LogP contribution in [0, 0.1) is 6.92 Å². The Morgan fingerprint density at radius 1 is 1.61 bits per heavy atom. The molecule has 0 radical (unpaired) electrons. The van der Waals surface area contributed by atoms with E-state index in [1.54, 1.807) is 6.20 Å². The van der Waals surface area contributed by atoms with Crippen molar-refractivity contribution < 1.29 is 17.9 Å². The van der Waals surface area contributed by atoms with Gasteiger partial charge in [0.15, 0.2) is 9.80 Å². The number of aromatic nitrogens is 1. The second-order valence-electron chi connectivity index (χ2n) is 3.39. The summed E-state index contributed by atoms with van der Waals surface area (Å²) in [4.78, 5) is 4.74. The van der Waals surface area contributed by atoms with Gasteiger partial charge in [-0.1, -0.05) is 0 Å². The number of rotatable bonds is 4. The van der Waals surface area contributed by atoms with Crippen molar-refractivity contribution in [1.82, 2.24) is 4.98 Å². The third-order valence-electron chi connectivity index (χ3n) is 1.99. The predicted molar refractivity (Wildman–Crippen MR) is 70.0 cm³/mol. The van der Waals surface area contributed by atoms with Crippen molar-refractivity contribution in [2.45, 2.75) is 18.4 Å². The van der Waals surface area contributed by atoms with Gasteiger partial charge < -0.3 is 9.52 Å². The van der Waals surface area contributed by atoms with Crippen molar-refractivity contribution in [3.8, 4) is 0 Å². The highest BCUT2D eigenvalue weighted by Crippen LogP contribution is 2.28. The Kier molecular flexibility index (Phi) is 3.76. The highest BCUT2D eigenvalue weighted by Gasteiger charge is 2.23. The summed E-state index contributed by atoms with van der Waals surface area (Å²) in [6.07, 6.45) is 1.58. The van der Waals surface area contributed by atoms with Crippen molar-refractivity contribution in [3.63, 3.8) is 0 Å². The SMILES string of the molecule is Cc1cnc(NS(=O)(=O)c2cc(CO)oc2Br)s1. The number of halogens is 1. The molecule has 2 N–H and O–H groups in total. The summed E-state index contributed by atoms with van der Waals surface area (Å²) >= 11 is 4.23. The predicted octanol–water partition coefficient (Wildman–Crippen LogP) is 2.10. The van der Waals surface area contributed by atoms with Gasteiger partial charge in [-0.2, -0.15) is 0 Å². The number of nitrogens with one attached hydrogen (secondary N) is 1. The molecule has 2 heterocycles. The quantitative estimate of drug-likeness (QED) is 0.878. The highest BCUT2D eigenvalue weighted by atomic mass is 79.9. The minimum Gasteiger partial charge on any atom is -0.450 e. The Bertz CT molecular complexity index is 662. The molecule has 0 unspecified atom stereocenters. The number of aryl methyl sites for hydroxylation is 1. The highest BCUT2D eigenvalue weighted by molar-refractivity contribution is 9.10. The van der Waals surface area contributed by atoms with Gasteiger partial charge in [0.1, 0.15) is 17.3 Å². The van der Waals surface area contributed by atoms with Crippen LogP contribution in [0.4, 0.5) is 5.13 Å². The van der Waals surface area contributed by atoms with Crippen LogP contribution < -0.4 is 4.72 Å². The van der Waals surface area contributed by atoms with Crippen LogP contribution in [0.15, 0.2) is 26.2 Å². The summed E-state index contributed by atoms with van der Waals surface area (Å²) in [7, 11) is -3.77. The molecule has 0 atom stereocenters. The molecule has 0 bridgehead atoms. The molecule has 98 valence electrons. The zero-order valence-corrected chi connectivity index (χ0v) is 12.4. The number of aliphatic hydroxyl groups excluding tert-OH is 1. The van der Waals surface area contributed by atoms with Gasteiger partial charge in [0, 0.05) is 17.1 Å². The van der Waals surface area contributed by atoms with Crippen LogP contribution >= 0.6 is 27.3 Å². The summed E-state index contributed by atoms with van der Waals surface area (Å²) in [6.45, 7) is 1.46. The fourth-order valence-corrected chi connectivity index (χ4v) is 4.14. The van der Waals surface area contributed by atoms with Gasteiger partial charge in [-0.05, 0) is 22.9 Å². The molecule has 2 aromatic heterocycles. The first-order valence-corrected chi connectivity index (χ1v) is 7.86. The zero-order valence-electron chi connectivity index (χ0n) is 9.18. The third-order valence-corrected chi connectivity index (χ3v) is 5.15. The van der Waals surface area contributed by atoms with Crippen LogP contribution in [-0.2, 0) is 16.6 Å². The van der Waals surface area contributed by atoms with Crippen molar-refractivity contribution in [2.75, 3.05) is 4.72 Å². The van der Waals surface area contributed by atoms with E-state index in [4.69, 9.17) is 9.52 Å². The molecular formula is C9H9BrN2O4S2. The Balaban J connectivity index is 2.33. The number of hydrogen-bond acceptors (Lipinski definition) is 6. The van der Waals surface area contributed by atoms with Gasteiger partial charge in [-0.15, -0.1) is 11.3 Å². The maximum atomic E-state index is 12.0. The second-order valence-corrected chi connectivity index (χ2v) is 7.00. The summed E-state index contributed by atoms with van der Waals surface area (Å²) in [5.41, 5.74) is 0. The van der Waals surface area contributed by atoms with Crippen molar-refractivity contribution >= 4 is 42.4 Å². The fourth-order valence-electron chi connectivity index (χ4n) is 1.23. The molecule has 0 spiro atoms. The normalized spacial score (nSPS) is 11.7. The Hall–Kier alpha value is -0.900. The van der Waals surface area contributed by atoms with Gasteiger partial charge in [0.25, 0.3) is 10.0 Å². The molecule has 18 heavy (non-hydrogen) atoms. The first kappa shape index (κ1) is 13.5. The number of anilines is 1. The van der Waals surface area contributed by atoms with E-state index >= 15 is 0 Å². The zero-order chi connectivity index (χ0) is 13.3. The standard InChI is InChI=1S/C9H9BrN2O4S2/c1-5-3-11-9(17-5)12-18(14,15)7-2-6(4-13)16-8(7)10/h2-3,13H,4H2,1H3,(H,11,12). The van der Waals surface area contributed by atoms with Gasteiger partial charge in [-0.3, -0.25) is 4.72 Å². The molecule has 0 aliphatic carbocycles. The minimum atomic E-state index is -3.77. The fraction of sp³-hybridized carbons (Fsp3) is 0.222. The van der Waals surface area contributed by atoms with E-state index in [2.05, 4.69) is 25.6 Å². The van der Waals surface area contributed by atoms with E-state index in [1.165, 1.54) is 17.4 Å². The van der Waals surface area contributed by atoms with E-state index in [9.17, 15) is 8.42 Å². The van der Waals surface area contributed by atoms with Crippen molar-refractivity contribution in [2.24, 2.45) is 0 Å². The van der Waals surface area contributed by atoms with Gasteiger partial charge in [-0.25, -0.2) is 13.4 Å². The molecule has 2 aromatic rings. The van der Waals surface area contributed by atoms with Crippen molar-refractivity contribution in [3.05, 3.63) is 27.6 Å². The van der Waals surface area contributed by atoms with Crippen LogP contribution in [0.2, 0.25) is 0 Å². The number of aliphatic hydroxyl groups is 1. The molecule has 0 fully saturated rings. The van der Waals surface area contributed by atoms with E-state index in [-0.39, 0.29) is 27.1 Å². The van der Waals surface area contributed by atoms with Crippen molar-refractivity contribution in [1.29, 1.82) is 0 Å². The van der Waals surface area contributed by atoms with Crippen LogP contribution in [0.1, 0.15) is 10.6 Å². The topological polar surface area (TPSA) is 92.4 Å². The van der Waals surface area contributed by atoms with E-state index in [0.29, 0.717) is 0 Å². The lowest BCUT2D eigenvalue weighted by Crippen LogP contribution is -2.12. The first-order valence-electron chi connectivity index (χ1n) is 4.76. The van der Waals surface area contributed by atoms with Gasteiger partial charge in [0.05, 0.1) is 0 Å². The summed E-state index contributed by atoms with van der Waals surface area (Å²) in [5.74, 6) is 0.164. The molecule has 0 aromatic carbocycles. The van der Waals surface area contributed by atoms with E-state index in [0.717, 1.165) is 4.88 Å². The monoisotopic (exact) mass is 352 g/mol. The Labute approximate surface area is 116 Å². The molecule has 9 heteroatoms. The lowest BCUT2D eigenvalue weighted by Gasteiger charge is -2.02. The molecule has 0 aliphatic heterocycles. The molecule has 0 saturated carbocycles. The molecule has 0 amide bonds. The average molecular weight is 353 g/mol. The number of hydrogen-bond donors (Lipinski definition) is 2. The van der Waals surface area contributed by atoms with Gasteiger partial charge in [0.2, 0.25) is 0 Å². The minimum absolute atomic E-state index is 0.0485. The average Bonchev–Trinajstić information content (AvgIpc) is 2.84. The lowest BCUT2D eigenvalue weighted by atomic mass is 10.5. The summed E-state index contributed by atoms with van der Waals surface area (Å²) < 4.78 is 31.5. The van der Waals surface area contributed by atoms with Crippen LogP contribution in [0.3, 0.4) is 0 Å². The molecule has 6 nitrogen and oxygen atoms in total. The third kappa shape index (κ3) is 2.74. The summed E-state index contributed by atoms with van der Waals surface area (Å²) in [5, 5.41) is 9.18. The Morgan fingerprint density at radius 3 is 2.83 bits per heavy atom. The van der Waals surface area contributed by atoms with Crippen LogP contribution in [0.25, 0.3) is 0 Å². The van der Waals surface area contributed by atoms with Gasteiger partial charge >= 0.3 is 0 Å². The molecule has 2 rings (SSSR count). The number of nitrogens with zero attached hydrogens (tertiary/aromatic N) is 1. The largest absolute Gasteiger partial charge is 0.450 e. The molecule has 0 aliphatic rings. The van der Waals surface area contributed by atoms with E-state index in [1.807, 2.05) is 6.92 Å².